The van der Waals surface area contributed by atoms with Crippen molar-refractivity contribution in [2.24, 2.45) is 35.3 Å². The molecule has 1 saturated carbocycles. The first-order chi connectivity index (χ1) is 42.8. The zero-order chi connectivity index (χ0) is 66.0. The summed E-state index contributed by atoms with van der Waals surface area (Å²) >= 11 is 0. The zero-order valence-electron chi connectivity index (χ0n) is 54.7. The predicted molar refractivity (Wildman–Crippen MR) is 334 cm³/mol. The largest absolute Gasteiger partial charge is 0.459 e. The van der Waals surface area contributed by atoms with Crippen molar-refractivity contribution >= 4 is 53.0 Å². The van der Waals surface area contributed by atoms with Gasteiger partial charge in [0.2, 0.25) is 17.6 Å². The van der Waals surface area contributed by atoms with Gasteiger partial charge in [0, 0.05) is 115 Å². The molecule has 24 nitrogen and oxygen atoms in total. The van der Waals surface area contributed by atoms with Crippen LogP contribution in [-0.2, 0) is 68.5 Å². The van der Waals surface area contributed by atoms with Crippen LogP contribution in [0.15, 0.2) is 60.0 Å². The highest BCUT2D eigenvalue weighted by Crippen LogP contribution is 2.38. The molecule has 500 valence electrons. The summed E-state index contributed by atoms with van der Waals surface area (Å²) in [6.07, 6.45) is 11.3. The van der Waals surface area contributed by atoms with Gasteiger partial charge in [-0.1, -0.05) is 64.2 Å². The normalized spacial score (nSPS) is 32.5. The van der Waals surface area contributed by atoms with Gasteiger partial charge in [0.25, 0.3) is 11.7 Å². The number of amides is 3. The number of hydrogen-bond acceptors (Lipinski definition) is 21. The molecule has 90 heavy (non-hydrogen) atoms. The molecule has 4 aliphatic heterocycles. The van der Waals surface area contributed by atoms with Crippen molar-refractivity contribution in [3.05, 3.63) is 65.6 Å². The minimum atomic E-state index is -2.50. The molecule has 5 heterocycles. The van der Waals surface area contributed by atoms with Crippen LogP contribution in [0.4, 0.5) is 10.7 Å². The second-order valence-electron chi connectivity index (χ2n) is 25.6. The van der Waals surface area contributed by atoms with E-state index in [2.05, 4.69) is 15.3 Å². The number of carbonyl (C=O) groups is 8. The molecule has 2 bridgehead atoms. The number of allylic oxidation sites excluding steroid dienone is 6. The average molecular weight is 1260 g/mol. The summed E-state index contributed by atoms with van der Waals surface area (Å²) in [5.74, 6) is -8.24. The summed E-state index contributed by atoms with van der Waals surface area (Å²) in [4.78, 5) is 125. The minimum Gasteiger partial charge on any atom is -0.459 e. The van der Waals surface area contributed by atoms with Crippen LogP contribution in [0.1, 0.15) is 131 Å². The fourth-order valence-corrected chi connectivity index (χ4v) is 12.9. The predicted octanol–water partition coefficient (Wildman–Crippen LogP) is 4.77. The molecule has 0 spiro atoms. The maximum absolute atomic E-state index is 14.7. The van der Waals surface area contributed by atoms with Crippen LogP contribution >= 0.6 is 0 Å². The van der Waals surface area contributed by atoms with Crippen LogP contribution in [0, 0.1) is 29.6 Å². The summed E-state index contributed by atoms with van der Waals surface area (Å²) in [7, 11) is 6.17. The van der Waals surface area contributed by atoms with Crippen LogP contribution in [-0.4, -0.2) is 217 Å². The maximum atomic E-state index is 14.7. The topological polar surface area (TPSA) is 309 Å². The average Bonchev–Trinajstić information content (AvgIpc) is 0.895. The van der Waals surface area contributed by atoms with E-state index in [-0.39, 0.29) is 81.2 Å². The zero-order valence-corrected chi connectivity index (χ0v) is 54.7. The molecule has 4 fully saturated rings. The fraction of sp³-hybridized carbons (Fsp3) is 0.697. The lowest BCUT2D eigenvalue weighted by atomic mass is 9.80. The van der Waals surface area contributed by atoms with Crippen LogP contribution in [0.25, 0.3) is 0 Å². The number of aromatic nitrogens is 2. The first-order valence-corrected chi connectivity index (χ1v) is 32.0. The molecule has 0 unspecified atom stereocenters. The van der Waals surface area contributed by atoms with E-state index in [4.69, 9.17) is 34.2 Å². The first-order valence-electron chi connectivity index (χ1n) is 32.0. The third-order valence-corrected chi connectivity index (χ3v) is 18.4. The number of rotatable bonds is 14. The van der Waals surface area contributed by atoms with Gasteiger partial charge in [0.05, 0.1) is 31.4 Å². The Kier molecular flexibility index (Phi) is 28.0. The van der Waals surface area contributed by atoms with E-state index in [1.807, 2.05) is 49.1 Å². The molecule has 0 radical (unpaired) electrons. The van der Waals surface area contributed by atoms with Crippen molar-refractivity contribution in [1.82, 2.24) is 30.0 Å². The number of methoxy groups -OCH3 is 3. The van der Waals surface area contributed by atoms with Crippen LogP contribution in [0.2, 0.25) is 0 Å². The monoisotopic (exact) mass is 1260 g/mol. The summed E-state index contributed by atoms with van der Waals surface area (Å²) in [5, 5.41) is 26.4. The highest BCUT2D eigenvalue weighted by Gasteiger charge is 2.53. The third-order valence-electron chi connectivity index (χ3n) is 18.4. The van der Waals surface area contributed by atoms with E-state index in [0.29, 0.717) is 94.6 Å². The number of hydrogen-bond donors (Lipinski definition) is 4. The number of piperidine rings is 1. The maximum Gasteiger partial charge on any atom is 0.407 e. The number of ketones is 4. The summed E-state index contributed by atoms with van der Waals surface area (Å²) in [5.41, 5.74) is 8.83. The molecule has 3 saturated heterocycles. The van der Waals surface area contributed by atoms with Crippen LogP contribution < -0.4 is 16.0 Å². The number of piperazine rings is 1. The second kappa shape index (κ2) is 34.5. The van der Waals surface area contributed by atoms with Gasteiger partial charge in [-0.25, -0.2) is 19.6 Å². The molecule has 6 rings (SSSR count). The molecule has 1 aromatic heterocycles. The number of cyclic esters (lactones) is 1. The lowest BCUT2D eigenvalue weighted by Gasteiger charge is -2.42. The molecular weight excluding hydrogens is 1160 g/mol. The Labute approximate surface area is 530 Å². The van der Waals surface area contributed by atoms with Gasteiger partial charge in [-0.3, -0.25) is 33.7 Å². The van der Waals surface area contributed by atoms with E-state index in [9.17, 15) is 48.6 Å². The highest BCUT2D eigenvalue weighted by atomic mass is 16.6. The summed E-state index contributed by atoms with van der Waals surface area (Å²) < 4.78 is 35.7. The van der Waals surface area contributed by atoms with Crippen LogP contribution in [0.5, 0.6) is 0 Å². The standard InChI is InChI=1S/C66H100N8O16/c1-40-17-13-12-14-18-41(2)54(85-9)33-49-22-20-45(6)66(84,90-49)61(80)62(81)74-24-16-15-19-51(74)63(82)88-55(34-52(76)42(3)30-44(5)59(79)60(87-11)58(78)43(4)29-40)50(67)31-47-21-23-53(56(32-47)86-10)89-65(83)70-37-48-35-68-64(69-36-48)73-27-25-72(26-28-73)57(77)39-71(8)38-46(7)75/h12-14,17-18,30,35-36,40,42-43,45,47,49-51,53-56,59-60,79,84H,15-16,19-29,31-34,37-39,67H2,1-11H3,(H,70,83)/b14-12?,17-13+,41-18?,44-30+/t40-,42-,43-,45-,47+,49+,50-,51+,53-,54+,55+,56-,59-,60+,66-/m1/s1. The molecular formula is C66H100N8O16. The summed E-state index contributed by atoms with van der Waals surface area (Å²) in [6, 6.07) is -2.21. The van der Waals surface area contributed by atoms with Gasteiger partial charge in [0.1, 0.15) is 42.0 Å². The number of nitrogens with zero attached hydrogens (tertiary/aromatic N) is 6. The number of anilines is 1. The van der Waals surface area contributed by atoms with Crippen molar-refractivity contribution in [3.8, 4) is 0 Å². The lowest BCUT2D eigenvalue weighted by Crippen LogP contribution is -2.61. The van der Waals surface area contributed by atoms with Crippen molar-refractivity contribution in [2.75, 3.05) is 79.1 Å². The fourth-order valence-electron chi connectivity index (χ4n) is 12.9. The van der Waals surface area contributed by atoms with Gasteiger partial charge in [-0.2, -0.15) is 0 Å². The SMILES string of the molecule is CO[C@H]1C[C@@H]2CC[C@@H](C)[C@@](O)(O2)C(=O)C(=O)N2CCCC[C@H]2C(=O)O[C@H]([C@H](N)C[C@@H]2CC[C@@H](OC(=O)NCc3cnc(N4CCN(C(=O)CN(C)CC(C)=O)CC4)nc3)[C@H](OC)C2)CC(=O)[C@H](C)/C=C(\C)[C@@H](O)[C@@H](OC)C(=O)[C@H](C)C[C@H](C)/C=C/C=CC=C1C. The molecule has 3 amide bonds. The van der Waals surface area contributed by atoms with Gasteiger partial charge in [-0.15, -0.1) is 0 Å². The smallest absolute Gasteiger partial charge is 0.407 e. The molecule has 24 heteroatoms. The number of alkyl carbamates (subject to hydrolysis) is 1. The van der Waals surface area contributed by atoms with Gasteiger partial charge < -0.3 is 64.4 Å². The molecule has 1 aromatic rings. The van der Waals surface area contributed by atoms with E-state index < -0.39 is 108 Å². The van der Waals surface area contributed by atoms with Crippen molar-refractivity contribution in [1.29, 1.82) is 0 Å². The number of aliphatic hydroxyl groups excluding tert-OH is 1. The third kappa shape index (κ3) is 20.2. The number of nitrogens with two attached hydrogens (primary N) is 1. The molecule has 1 aliphatic carbocycles. The molecule has 15 atom stereocenters. The van der Waals surface area contributed by atoms with Crippen molar-refractivity contribution in [2.45, 2.75) is 193 Å². The molecule has 0 aromatic carbocycles. The Morgan fingerprint density at radius 1 is 0.844 bits per heavy atom. The number of esters is 1. The van der Waals surface area contributed by atoms with E-state index >= 15 is 0 Å². The van der Waals surface area contributed by atoms with E-state index in [1.54, 1.807) is 70.1 Å². The quantitative estimate of drug-likeness (QED) is 0.111. The van der Waals surface area contributed by atoms with Crippen molar-refractivity contribution < 1.29 is 77.0 Å². The second-order valence-corrected chi connectivity index (χ2v) is 25.6. The Morgan fingerprint density at radius 2 is 1.56 bits per heavy atom. The van der Waals surface area contributed by atoms with Crippen molar-refractivity contribution in [3.63, 3.8) is 0 Å². The van der Waals surface area contributed by atoms with Gasteiger partial charge >= 0.3 is 12.1 Å². The number of aliphatic hydroxyl groups is 2. The minimum absolute atomic E-state index is 0.0104. The Hall–Kier alpha value is -6.12. The van der Waals surface area contributed by atoms with E-state index in [0.717, 1.165) is 10.5 Å². The lowest BCUT2D eigenvalue weighted by molar-refractivity contribution is -0.265. The number of fused-ring (bicyclic) bond motifs is 3. The number of likely N-dealkylation sites (N-methyl/N-ethyl adjacent to an activating group) is 1. The Morgan fingerprint density at radius 3 is 2.22 bits per heavy atom. The number of carbonyl (C=O) groups excluding carboxylic acids is 8. The highest BCUT2D eigenvalue weighted by molar-refractivity contribution is 6.39. The Bertz CT molecular complexity index is 2750. The Balaban J connectivity index is 1.15. The van der Waals surface area contributed by atoms with E-state index in [1.165, 1.54) is 21.1 Å². The molecule has 5 aliphatic rings. The van der Waals surface area contributed by atoms with Gasteiger partial charge in [0.15, 0.2) is 5.78 Å². The number of nitrogens with one attached hydrogen (secondary N) is 1. The number of Topliss-reactive ketones (excluding diaryl/α,β-unsaturated/α-hetero) is 4. The number of ether oxygens (including phenoxy) is 6. The summed E-state index contributed by atoms with van der Waals surface area (Å²) in [6.45, 7) is 14.5. The molecule has 5 N–H and O–H groups in total. The first kappa shape index (κ1) is 72.9. The van der Waals surface area contributed by atoms with Gasteiger partial charge in [-0.05, 0) is 115 Å². The van der Waals surface area contributed by atoms with Crippen LogP contribution in [0.3, 0.4) is 0 Å².